The molecule has 2 aliphatic rings. The Morgan fingerprint density at radius 1 is 1.13 bits per heavy atom. The van der Waals surface area contributed by atoms with Gasteiger partial charge in [0.25, 0.3) is 5.56 Å². The zero-order chi connectivity index (χ0) is 27.5. The van der Waals surface area contributed by atoms with Gasteiger partial charge in [0.15, 0.2) is 5.52 Å². The van der Waals surface area contributed by atoms with Crippen molar-refractivity contribution < 1.29 is 22.3 Å². The van der Waals surface area contributed by atoms with E-state index in [9.17, 15) is 18.0 Å². The van der Waals surface area contributed by atoms with Gasteiger partial charge in [-0.05, 0) is 43.9 Å². The van der Waals surface area contributed by atoms with Crippen LogP contribution in [-0.4, -0.2) is 35.9 Å². The van der Waals surface area contributed by atoms with E-state index in [2.05, 4.69) is 20.1 Å². The summed E-state index contributed by atoms with van der Waals surface area (Å²) in [6, 6.07) is 5.73. The summed E-state index contributed by atoms with van der Waals surface area (Å²) in [5, 5.41) is 13.5. The summed E-state index contributed by atoms with van der Waals surface area (Å²) < 4.78 is 64.5. The fourth-order valence-electron chi connectivity index (χ4n) is 4.89. The number of rotatable bonds is 4. The molecule has 9 nitrogen and oxygen atoms in total. The van der Waals surface area contributed by atoms with Crippen molar-refractivity contribution in [3.63, 3.8) is 0 Å². The third-order valence-electron chi connectivity index (χ3n) is 7.11. The number of benzene rings is 1. The summed E-state index contributed by atoms with van der Waals surface area (Å²) >= 11 is 0. The van der Waals surface area contributed by atoms with Gasteiger partial charge >= 0.3 is 6.18 Å². The molecular formula is C26H21F4N7O2. The van der Waals surface area contributed by atoms with E-state index < -0.39 is 28.9 Å². The maximum atomic E-state index is 15.1. The first-order chi connectivity index (χ1) is 18.6. The van der Waals surface area contributed by atoms with Gasteiger partial charge in [0.2, 0.25) is 5.82 Å². The highest BCUT2D eigenvalue weighted by atomic mass is 19.4. The lowest BCUT2D eigenvalue weighted by Gasteiger charge is -2.28. The maximum absolute atomic E-state index is 15.1. The molecule has 2 atom stereocenters. The lowest BCUT2D eigenvalue weighted by atomic mass is 9.92. The molecular weight excluding hydrogens is 518 g/mol. The molecule has 39 heavy (non-hydrogen) atoms. The van der Waals surface area contributed by atoms with Crippen molar-refractivity contribution in [1.82, 2.24) is 29.3 Å². The van der Waals surface area contributed by atoms with Crippen molar-refractivity contribution in [2.45, 2.75) is 49.9 Å². The maximum Gasteiger partial charge on any atom is 0.449 e. The van der Waals surface area contributed by atoms with Gasteiger partial charge < -0.3 is 4.74 Å². The number of nitrogens with zero attached hydrogens (tertiary/aromatic N) is 7. The van der Waals surface area contributed by atoms with Crippen LogP contribution in [0, 0.1) is 17.1 Å². The number of ether oxygens (including phenoxy) is 1. The molecule has 1 aliphatic heterocycles. The Bertz CT molecular complexity index is 1700. The Labute approximate surface area is 218 Å². The molecule has 200 valence electrons. The lowest BCUT2D eigenvalue weighted by molar-refractivity contribution is -0.147. The minimum atomic E-state index is -4.94. The van der Waals surface area contributed by atoms with Gasteiger partial charge in [-0.25, -0.2) is 19.3 Å². The largest absolute Gasteiger partial charge is 0.449 e. The van der Waals surface area contributed by atoms with Gasteiger partial charge in [0.1, 0.15) is 22.9 Å². The van der Waals surface area contributed by atoms with E-state index >= 15 is 4.39 Å². The Hall–Kier alpha value is -4.18. The highest BCUT2D eigenvalue weighted by Gasteiger charge is 2.38. The molecule has 0 unspecified atom stereocenters. The van der Waals surface area contributed by atoms with Gasteiger partial charge in [0, 0.05) is 36.9 Å². The highest BCUT2D eigenvalue weighted by molar-refractivity contribution is 5.88. The van der Waals surface area contributed by atoms with Gasteiger partial charge in [-0.15, -0.1) is 0 Å². The predicted molar refractivity (Wildman–Crippen MR) is 129 cm³/mol. The molecule has 0 N–H and O–H groups in total. The van der Waals surface area contributed by atoms with E-state index in [0.717, 1.165) is 31.5 Å². The molecule has 0 amide bonds. The number of alkyl halides is 3. The molecule has 0 radical (unpaired) electrons. The second kappa shape index (κ2) is 9.23. The highest BCUT2D eigenvalue weighted by Crippen LogP contribution is 2.40. The number of nitriles is 1. The van der Waals surface area contributed by atoms with Crippen LogP contribution in [0.1, 0.15) is 66.5 Å². The van der Waals surface area contributed by atoms with Crippen LogP contribution in [0.25, 0.3) is 22.3 Å². The van der Waals surface area contributed by atoms with Crippen LogP contribution < -0.4 is 5.56 Å². The molecule has 4 heterocycles. The van der Waals surface area contributed by atoms with E-state index in [-0.39, 0.29) is 40.2 Å². The third-order valence-corrected chi connectivity index (χ3v) is 7.11. The normalized spacial score (nSPS) is 19.8. The average Bonchev–Trinajstić information content (AvgIpc) is 3.65. The molecule has 2 fully saturated rings. The van der Waals surface area contributed by atoms with Gasteiger partial charge in [-0.3, -0.25) is 14.0 Å². The Morgan fingerprint density at radius 2 is 1.92 bits per heavy atom. The first kappa shape index (κ1) is 25.1. The van der Waals surface area contributed by atoms with Crippen molar-refractivity contribution in [3.05, 3.63) is 69.5 Å². The van der Waals surface area contributed by atoms with Gasteiger partial charge in [-0.1, -0.05) is 0 Å². The first-order valence-electron chi connectivity index (χ1n) is 12.4. The molecule has 0 spiro atoms. The average molecular weight is 539 g/mol. The Balaban J connectivity index is 1.49. The second-order valence-corrected chi connectivity index (χ2v) is 9.80. The number of hydrogen-bond donors (Lipinski definition) is 0. The second-order valence-electron chi connectivity index (χ2n) is 9.80. The summed E-state index contributed by atoms with van der Waals surface area (Å²) in [5.41, 5.74) is -1.37. The van der Waals surface area contributed by atoms with E-state index in [0.29, 0.717) is 30.1 Å². The molecule has 4 aromatic rings. The van der Waals surface area contributed by atoms with Gasteiger partial charge in [0.05, 0.1) is 30.0 Å². The lowest BCUT2D eigenvalue weighted by Crippen LogP contribution is -2.29. The SMILES string of the molecule is Cn1c(C(F)(F)F)nc2c(-c3ccc(C#N)cc3F)nc([C@H]3CCO[C@H](c4cnn(C5CC5)c4)C3)nc2c1=O. The number of hydrogen-bond acceptors (Lipinski definition) is 7. The molecule has 3 aromatic heterocycles. The van der Waals surface area contributed by atoms with Crippen LogP contribution >= 0.6 is 0 Å². The quantitative estimate of drug-likeness (QED) is 0.349. The van der Waals surface area contributed by atoms with Crippen LogP contribution in [-0.2, 0) is 18.0 Å². The molecule has 1 saturated carbocycles. The van der Waals surface area contributed by atoms with Crippen LogP contribution in [0.5, 0.6) is 0 Å². The van der Waals surface area contributed by atoms with Crippen LogP contribution in [0.4, 0.5) is 17.6 Å². The number of aromatic nitrogens is 6. The Kier molecular flexibility index (Phi) is 5.95. The van der Waals surface area contributed by atoms with Crippen LogP contribution in [0.15, 0.2) is 35.4 Å². The summed E-state index contributed by atoms with van der Waals surface area (Å²) in [4.78, 5) is 25.7. The van der Waals surface area contributed by atoms with Crippen LogP contribution in [0.3, 0.4) is 0 Å². The standard InChI is InChI=1S/C26H21F4N7O2/c1-36-24(38)22-21(35-25(36)26(28,29)30)20(17-5-2-13(10-31)8-18(17)27)33-23(34-22)14-6-7-39-19(9-14)15-11-32-37(12-15)16-3-4-16/h2,5,8,11-12,14,16,19H,3-4,6-7,9H2,1H3/t14-,19-/m0/s1. The smallest absolute Gasteiger partial charge is 0.373 e. The fraction of sp³-hybridized carbons (Fsp3) is 0.385. The third kappa shape index (κ3) is 4.54. The molecule has 1 saturated heterocycles. The fourth-order valence-corrected chi connectivity index (χ4v) is 4.89. The minimum Gasteiger partial charge on any atom is -0.373 e. The first-order valence-corrected chi connectivity index (χ1v) is 12.4. The number of halogens is 4. The zero-order valence-electron chi connectivity index (χ0n) is 20.6. The summed E-state index contributed by atoms with van der Waals surface area (Å²) in [6.07, 6.45) is 1.51. The molecule has 13 heteroatoms. The van der Waals surface area contributed by atoms with E-state index in [1.807, 2.05) is 16.9 Å². The molecule has 0 bridgehead atoms. The van der Waals surface area contributed by atoms with Crippen molar-refractivity contribution in [3.8, 4) is 17.3 Å². The van der Waals surface area contributed by atoms with Gasteiger partial charge in [-0.2, -0.15) is 23.5 Å². The summed E-state index contributed by atoms with van der Waals surface area (Å²) in [7, 11) is 0.962. The Morgan fingerprint density at radius 3 is 2.62 bits per heavy atom. The minimum absolute atomic E-state index is 0.0219. The topological polar surface area (TPSA) is 112 Å². The zero-order valence-corrected chi connectivity index (χ0v) is 20.6. The van der Waals surface area contributed by atoms with Crippen LogP contribution in [0.2, 0.25) is 0 Å². The molecule has 1 aromatic carbocycles. The van der Waals surface area contributed by atoms with E-state index in [4.69, 9.17) is 10.00 Å². The van der Waals surface area contributed by atoms with Crippen molar-refractivity contribution in [1.29, 1.82) is 5.26 Å². The predicted octanol–water partition coefficient (Wildman–Crippen LogP) is 4.59. The van der Waals surface area contributed by atoms with Crippen molar-refractivity contribution >= 4 is 11.0 Å². The van der Waals surface area contributed by atoms with E-state index in [1.165, 1.54) is 12.1 Å². The molecule has 1 aliphatic carbocycles. The summed E-state index contributed by atoms with van der Waals surface area (Å²) in [5.74, 6) is -2.48. The molecule has 6 rings (SSSR count). The van der Waals surface area contributed by atoms with Crippen molar-refractivity contribution in [2.24, 2.45) is 7.05 Å². The monoisotopic (exact) mass is 539 g/mol. The van der Waals surface area contributed by atoms with E-state index in [1.54, 1.807) is 6.20 Å². The van der Waals surface area contributed by atoms with Crippen molar-refractivity contribution in [2.75, 3.05) is 6.61 Å². The number of fused-ring (bicyclic) bond motifs is 1. The summed E-state index contributed by atoms with van der Waals surface area (Å²) in [6.45, 7) is 0.356.